The average molecular weight is 434 g/mol. The largest absolute Gasteiger partial charge is 0.314 e. The van der Waals surface area contributed by atoms with E-state index >= 15 is 0 Å². The van der Waals surface area contributed by atoms with Crippen molar-refractivity contribution in [2.24, 2.45) is 0 Å². The van der Waals surface area contributed by atoms with Crippen LogP contribution in [0.15, 0.2) is 48.5 Å². The Morgan fingerprint density at radius 2 is 1.77 bits per heavy atom. The average Bonchev–Trinajstić information content (AvgIpc) is 3.33. The number of imidazole rings is 1. The SMILES string of the molecule is CC(C)c1nnc(NC(=O)Cn2c(-c3ccc(C(C)(C)C)cc3)nc3ccccc32)s1. The van der Waals surface area contributed by atoms with E-state index in [1.54, 1.807) is 0 Å². The molecule has 2 heterocycles. The second-order valence-corrected chi connectivity index (χ2v) is 10.00. The molecule has 1 amide bonds. The van der Waals surface area contributed by atoms with Crippen LogP contribution in [0, 0.1) is 0 Å². The quantitative estimate of drug-likeness (QED) is 0.444. The topological polar surface area (TPSA) is 72.7 Å². The van der Waals surface area contributed by atoms with Crippen molar-refractivity contribution >= 4 is 33.4 Å². The predicted molar refractivity (Wildman–Crippen MR) is 126 cm³/mol. The van der Waals surface area contributed by atoms with Crippen LogP contribution in [0.3, 0.4) is 0 Å². The van der Waals surface area contributed by atoms with Crippen LogP contribution < -0.4 is 5.32 Å². The van der Waals surface area contributed by atoms with E-state index in [0.29, 0.717) is 5.13 Å². The van der Waals surface area contributed by atoms with Gasteiger partial charge in [-0.1, -0.05) is 82.4 Å². The van der Waals surface area contributed by atoms with Crippen LogP contribution in [0.1, 0.15) is 51.1 Å². The van der Waals surface area contributed by atoms with Gasteiger partial charge in [-0.3, -0.25) is 10.1 Å². The summed E-state index contributed by atoms with van der Waals surface area (Å²) in [7, 11) is 0. The summed E-state index contributed by atoms with van der Waals surface area (Å²) in [5.74, 6) is 0.905. The Bertz CT molecular complexity index is 1210. The number of rotatable bonds is 5. The van der Waals surface area contributed by atoms with Gasteiger partial charge in [0.1, 0.15) is 17.4 Å². The summed E-state index contributed by atoms with van der Waals surface area (Å²) in [6.45, 7) is 10.8. The lowest BCUT2D eigenvalue weighted by molar-refractivity contribution is -0.116. The third kappa shape index (κ3) is 4.51. The van der Waals surface area contributed by atoms with E-state index in [1.165, 1.54) is 16.9 Å². The highest BCUT2D eigenvalue weighted by molar-refractivity contribution is 7.15. The monoisotopic (exact) mass is 433 g/mol. The van der Waals surface area contributed by atoms with Gasteiger partial charge in [0.15, 0.2) is 0 Å². The maximum atomic E-state index is 12.9. The lowest BCUT2D eigenvalue weighted by Crippen LogP contribution is -2.19. The fourth-order valence-corrected chi connectivity index (χ4v) is 4.16. The zero-order chi connectivity index (χ0) is 22.2. The molecule has 0 aliphatic heterocycles. The molecule has 0 aliphatic rings. The molecule has 2 aromatic heterocycles. The summed E-state index contributed by atoms with van der Waals surface area (Å²) < 4.78 is 1.96. The first-order valence-electron chi connectivity index (χ1n) is 10.4. The van der Waals surface area contributed by atoms with Crippen LogP contribution in [0.2, 0.25) is 0 Å². The Labute approximate surface area is 186 Å². The van der Waals surface area contributed by atoms with Gasteiger partial charge < -0.3 is 4.57 Å². The first-order valence-corrected chi connectivity index (χ1v) is 11.2. The molecule has 0 aliphatic carbocycles. The Morgan fingerprint density at radius 3 is 2.42 bits per heavy atom. The molecule has 0 unspecified atom stereocenters. The number of hydrogen-bond donors (Lipinski definition) is 1. The van der Waals surface area contributed by atoms with Crippen molar-refractivity contribution in [1.29, 1.82) is 0 Å². The van der Waals surface area contributed by atoms with Crippen molar-refractivity contribution in [3.8, 4) is 11.4 Å². The first-order chi connectivity index (χ1) is 14.7. The normalized spacial score (nSPS) is 11.9. The number of nitrogens with one attached hydrogen (secondary N) is 1. The predicted octanol–water partition coefficient (Wildman–Crippen LogP) is 5.61. The molecule has 0 bridgehead atoms. The van der Waals surface area contributed by atoms with E-state index in [2.05, 4.69) is 74.4 Å². The standard InChI is InChI=1S/C24H27N5OS/c1-15(2)22-27-28-23(31-22)26-20(30)14-29-19-9-7-6-8-18(19)25-21(29)16-10-12-17(13-11-16)24(3,4)5/h6-13,15H,14H2,1-5H3,(H,26,28,30). The highest BCUT2D eigenvalue weighted by Gasteiger charge is 2.18. The van der Waals surface area contributed by atoms with Crippen molar-refractivity contribution in [1.82, 2.24) is 19.7 Å². The number of hydrogen-bond acceptors (Lipinski definition) is 5. The minimum atomic E-state index is -0.151. The van der Waals surface area contributed by atoms with E-state index in [9.17, 15) is 4.79 Å². The number of benzene rings is 2. The van der Waals surface area contributed by atoms with Crippen molar-refractivity contribution in [2.45, 2.75) is 52.5 Å². The zero-order valence-electron chi connectivity index (χ0n) is 18.5. The molecule has 0 atom stereocenters. The highest BCUT2D eigenvalue weighted by atomic mass is 32.1. The zero-order valence-corrected chi connectivity index (χ0v) is 19.3. The second kappa shape index (κ2) is 8.23. The third-order valence-corrected chi connectivity index (χ3v) is 6.29. The van der Waals surface area contributed by atoms with Crippen LogP contribution in [-0.2, 0) is 16.8 Å². The molecule has 7 heteroatoms. The van der Waals surface area contributed by atoms with E-state index in [1.807, 2.05) is 28.8 Å². The van der Waals surface area contributed by atoms with Gasteiger partial charge >= 0.3 is 0 Å². The van der Waals surface area contributed by atoms with E-state index in [0.717, 1.165) is 27.4 Å². The molecule has 0 saturated carbocycles. The number of fused-ring (bicyclic) bond motifs is 1. The van der Waals surface area contributed by atoms with Gasteiger partial charge in [-0.25, -0.2) is 4.98 Å². The van der Waals surface area contributed by atoms with E-state index < -0.39 is 0 Å². The van der Waals surface area contributed by atoms with Gasteiger partial charge in [-0.05, 0) is 23.1 Å². The molecular weight excluding hydrogens is 406 g/mol. The van der Waals surface area contributed by atoms with Gasteiger partial charge in [0, 0.05) is 11.5 Å². The molecule has 160 valence electrons. The Morgan fingerprint density at radius 1 is 1.06 bits per heavy atom. The number of carbonyl (C=O) groups is 1. The molecule has 0 fully saturated rings. The molecule has 4 aromatic rings. The van der Waals surface area contributed by atoms with Crippen LogP contribution in [-0.4, -0.2) is 25.7 Å². The van der Waals surface area contributed by atoms with Crippen LogP contribution in [0.4, 0.5) is 5.13 Å². The number of para-hydroxylation sites is 2. The molecule has 0 saturated heterocycles. The van der Waals surface area contributed by atoms with Crippen molar-refractivity contribution < 1.29 is 4.79 Å². The van der Waals surface area contributed by atoms with E-state index in [4.69, 9.17) is 4.98 Å². The molecule has 31 heavy (non-hydrogen) atoms. The smallest absolute Gasteiger partial charge is 0.246 e. The fourth-order valence-electron chi connectivity index (χ4n) is 3.40. The summed E-state index contributed by atoms with van der Waals surface area (Å²) in [6.07, 6.45) is 0. The molecule has 6 nitrogen and oxygen atoms in total. The maximum absolute atomic E-state index is 12.9. The Hall–Kier alpha value is -3.06. The second-order valence-electron chi connectivity index (χ2n) is 8.99. The van der Waals surface area contributed by atoms with Crippen molar-refractivity contribution in [3.05, 3.63) is 59.1 Å². The van der Waals surface area contributed by atoms with Gasteiger partial charge in [0.25, 0.3) is 0 Å². The van der Waals surface area contributed by atoms with Crippen molar-refractivity contribution in [2.75, 3.05) is 5.32 Å². The molecule has 0 spiro atoms. The van der Waals surface area contributed by atoms with Gasteiger partial charge in [-0.2, -0.15) is 0 Å². The number of carbonyl (C=O) groups excluding carboxylic acids is 1. The van der Waals surface area contributed by atoms with Gasteiger partial charge in [-0.15, -0.1) is 10.2 Å². The summed E-state index contributed by atoms with van der Waals surface area (Å²) in [4.78, 5) is 17.7. The minimum Gasteiger partial charge on any atom is -0.314 e. The van der Waals surface area contributed by atoms with E-state index in [-0.39, 0.29) is 23.8 Å². The third-order valence-electron chi connectivity index (χ3n) is 5.15. The number of anilines is 1. The number of nitrogens with zero attached hydrogens (tertiary/aromatic N) is 4. The molecule has 2 aromatic carbocycles. The Balaban J connectivity index is 1.65. The van der Waals surface area contributed by atoms with Crippen LogP contribution in [0.5, 0.6) is 0 Å². The van der Waals surface area contributed by atoms with Crippen molar-refractivity contribution in [3.63, 3.8) is 0 Å². The Kier molecular flexibility index (Phi) is 5.62. The summed E-state index contributed by atoms with van der Waals surface area (Å²) >= 11 is 1.41. The molecular formula is C24H27N5OS. The molecule has 0 radical (unpaired) electrons. The lowest BCUT2D eigenvalue weighted by Gasteiger charge is -2.19. The van der Waals surface area contributed by atoms with Gasteiger partial charge in [0.05, 0.1) is 11.0 Å². The van der Waals surface area contributed by atoms with Crippen LogP contribution >= 0.6 is 11.3 Å². The summed E-state index contributed by atoms with van der Waals surface area (Å²) in [5, 5.41) is 12.6. The van der Waals surface area contributed by atoms with Gasteiger partial charge in [0.2, 0.25) is 11.0 Å². The highest BCUT2D eigenvalue weighted by Crippen LogP contribution is 2.29. The maximum Gasteiger partial charge on any atom is 0.246 e. The van der Waals surface area contributed by atoms with Crippen LogP contribution in [0.25, 0.3) is 22.4 Å². The lowest BCUT2D eigenvalue weighted by atomic mass is 9.87. The number of amides is 1. The summed E-state index contributed by atoms with van der Waals surface area (Å²) in [6, 6.07) is 16.3. The number of aromatic nitrogens is 4. The molecule has 1 N–H and O–H groups in total. The first kappa shape index (κ1) is 21.2. The summed E-state index contributed by atoms with van der Waals surface area (Å²) in [5.41, 5.74) is 4.11. The fraction of sp³-hybridized carbons (Fsp3) is 0.333. The minimum absolute atomic E-state index is 0.0785. The molecule has 4 rings (SSSR count).